The van der Waals surface area contributed by atoms with Crippen molar-refractivity contribution in [2.75, 3.05) is 0 Å². The van der Waals surface area contributed by atoms with Crippen molar-refractivity contribution in [3.8, 4) is 5.75 Å². The highest BCUT2D eigenvalue weighted by Crippen LogP contribution is 2.25. The SMILES string of the molecule is Cc1c(O)cccc1[N+](=O)[S-]. The fourth-order valence-corrected chi connectivity index (χ4v) is 1.01. The van der Waals surface area contributed by atoms with Gasteiger partial charge >= 0.3 is 0 Å². The third-order valence-corrected chi connectivity index (χ3v) is 1.67. The second-order valence-corrected chi connectivity index (χ2v) is 2.51. The van der Waals surface area contributed by atoms with Crippen molar-refractivity contribution in [3.63, 3.8) is 0 Å². The van der Waals surface area contributed by atoms with Crippen LogP contribution in [-0.4, -0.2) is 9.27 Å². The van der Waals surface area contributed by atoms with Crippen molar-refractivity contribution in [1.82, 2.24) is 0 Å². The molecule has 0 heterocycles. The van der Waals surface area contributed by atoms with E-state index in [4.69, 9.17) is 5.11 Å². The van der Waals surface area contributed by atoms with Gasteiger partial charge in [0.1, 0.15) is 5.75 Å². The Labute approximate surface area is 69.8 Å². The molecule has 0 fully saturated rings. The Morgan fingerprint density at radius 3 is 2.64 bits per heavy atom. The van der Waals surface area contributed by atoms with Crippen molar-refractivity contribution in [2.45, 2.75) is 6.92 Å². The van der Waals surface area contributed by atoms with Crippen molar-refractivity contribution >= 4 is 18.5 Å². The fraction of sp³-hybridized carbons (Fsp3) is 0.143. The molecule has 0 aliphatic carbocycles. The summed E-state index contributed by atoms with van der Waals surface area (Å²) in [6.45, 7) is 1.64. The zero-order chi connectivity index (χ0) is 8.43. The molecule has 0 amide bonds. The molecule has 1 aromatic rings. The van der Waals surface area contributed by atoms with E-state index in [1.807, 2.05) is 0 Å². The Morgan fingerprint density at radius 1 is 1.55 bits per heavy atom. The van der Waals surface area contributed by atoms with Gasteiger partial charge in [0, 0.05) is 11.0 Å². The van der Waals surface area contributed by atoms with E-state index in [2.05, 4.69) is 12.8 Å². The van der Waals surface area contributed by atoms with Crippen molar-refractivity contribution in [3.05, 3.63) is 28.7 Å². The van der Waals surface area contributed by atoms with Crippen LogP contribution in [0.25, 0.3) is 0 Å². The molecule has 1 rings (SSSR count). The molecular weight excluding hydrogens is 162 g/mol. The number of nitrogens with zero attached hydrogens (tertiary/aromatic N) is 1. The molecule has 0 atom stereocenters. The summed E-state index contributed by atoms with van der Waals surface area (Å²) in [5.41, 5.74) is 0.831. The lowest BCUT2D eigenvalue weighted by Gasteiger charge is -1.99. The maximum atomic E-state index is 10.6. The number of hydrogen-bond acceptors (Lipinski definition) is 3. The summed E-state index contributed by atoms with van der Waals surface area (Å²) >= 11 is 4.36. The van der Waals surface area contributed by atoms with Crippen molar-refractivity contribution in [1.29, 1.82) is 0 Å². The van der Waals surface area contributed by atoms with Gasteiger partial charge in [-0.25, -0.2) is 0 Å². The monoisotopic (exact) mass is 169 g/mol. The van der Waals surface area contributed by atoms with Gasteiger partial charge in [-0.2, -0.15) is 0 Å². The lowest BCUT2D eigenvalue weighted by atomic mass is 10.2. The highest BCUT2D eigenvalue weighted by Gasteiger charge is 2.08. The molecule has 0 radical (unpaired) electrons. The fourth-order valence-electron chi connectivity index (χ4n) is 0.809. The molecule has 0 saturated carbocycles. The first-order valence-electron chi connectivity index (χ1n) is 3.06. The van der Waals surface area contributed by atoms with Crippen LogP contribution in [0, 0.1) is 11.8 Å². The summed E-state index contributed by atoms with van der Waals surface area (Å²) in [5.74, 6) is 0.0909. The second kappa shape index (κ2) is 2.84. The molecule has 1 aromatic carbocycles. The van der Waals surface area contributed by atoms with Crippen LogP contribution in [0.15, 0.2) is 18.2 Å². The van der Waals surface area contributed by atoms with Crippen molar-refractivity contribution in [2.24, 2.45) is 0 Å². The van der Waals surface area contributed by atoms with E-state index in [-0.39, 0.29) is 5.75 Å². The largest absolute Gasteiger partial charge is 0.507 e. The third kappa shape index (κ3) is 1.46. The number of benzene rings is 1. The number of aromatic hydroxyl groups is 1. The van der Waals surface area contributed by atoms with E-state index in [9.17, 15) is 4.91 Å². The van der Waals surface area contributed by atoms with Crippen LogP contribution in [0.1, 0.15) is 5.56 Å². The Kier molecular flexibility index (Phi) is 2.05. The predicted molar refractivity (Wildman–Crippen MR) is 43.5 cm³/mol. The molecule has 0 unspecified atom stereocenters. The number of phenols is 1. The predicted octanol–water partition coefficient (Wildman–Crippen LogP) is 1.57. The molecular formula is C7H7NO2S. The van der Waals surface area contributed by atoms with Gasteiger partial charge in [0.05, 0.1) is 5.56 Å². The number of nitroso groups, excluding NO2 is 1. The Hall–Kier alpha value is -1.16. The van der Waals surface area contributed by atoms with Crippen LogP contribution < -0.4 is 0 Å². The van der Waals surface area contributed by atoms with Crippen LogP contribution in [0.2, 0.25) is 0 Å². The molecule has 58 valence electrons. The molecule has 11 heavy (non-hydrogen) atoms. The molecule has 1 N–H and O–H groups in total. The van der Waals surface area contributed by atoms with Gasteiger partial charge in [-0.1, -0.05) is 10.2 Å². The molecule has 0 saturated heterocycles. The second-order valence-electron chi connectivity index (χ2n) is 2.18. The van der Waals surface area contributed by atoms with Crippen LogP contribution in [0.5, 0.6) is 5.75 Å². The minimum atomic E-state index is 0.0909. The Balaban J connectivity index is 3.27. The highest BCUT2D eigenvalue weighted by molar-refractivity contribution is 7.51. The third-order valence-electron chi connectivity index (χ3n) is 1.47. The first kappa shape index (κ1) is 7.94. The smallest absolute Gasteiger partial charge is 0.244 e. The van der Waals surface area contributed by atoms with Gasteiger partial charge in [0.15, 0.2) is 0 Å². The Morgan fingerprint density at radius 2 is 2.18 bits per heavy atom. The molecule has 0 spiro atoms. The van der Waals surface area contributed by atoms with Crippen LogP contribution in [-0.2, 0) is 12.8 Å². The maximum absolute atomic E-state index is 10.6. The minimum Gasteiger partial charge on any atom is -0.507 e. The quantitative estimate of drug-likeness (QED) is 0.512. The topological polar surface area (TPSA) is 40.3 Å². The Bertz CT molecular complexity index is 298. The van der Waals surface area contributed by atoms with Gasteiger partial charge < -0.3 is 17.9 Å². The summed E-state index contributed by atoms with van der Waals surface area (Å²) in [5, 5.41) is 9.14. The van der Waals surface area contributed by atoms with Gasteiger partial charge in [-0.05, 0) is 13.0 Å². The standard InChI is InChI=1S/C7H7NO2S/c1-5-6(8(10)11)3-2-4-7(5)9/h2-4,9H,1H3. The first-order valence-corrected chi connectivity index (χ1v) is 3.42. The zero-order valence-electron chi connectivity index (χ0n) is 5.94. The number of phenolic OH excluding ortho intramolecular Hbond substituents is 1. The van der Waals surface area contributed by atoms with Crippen molar-refractivity contribution < 1.29 is 9.27 Å². The van der Waals surface area contributed by atoms with Gasteiger partial charge in [0.2, 0.25) is 5.69 Å². The van der Waals surface area contributed by atoms with Gasteiger partial charge in [-0.3, -0.25) is 0 Å². The summed E-state index contributed by atoms with van der Waals surface area (Å²) in [6.07, 6.45) is 0. The summed E-state index contributed by atoms with van der Waals surface area (Å²) in [6, 6.07) is 4.65. The summed E-state index contributed by atoms with van der Waals surface area (Å²) in [7, 11) is 0. The van der Waals surface area contributed by atoms with Crippen LogP contribution in [0.4, 0.5) is 5.69 Å². The van der Waals surface area contributed by atoms with E-state index >= 15 is 0 Å². The molecule has 4 heteroatoms. The van der Waals surface area contributed by atoms with Crippen LogP contribution in [0.3, 0.4) is 0 Å². The molecule has 0 aliphatic heterocycles. The number of hydrogen-bond donors (Lipinski definition) is 1. The average Bonchev–Trinajstić information content (AvgIpc) is 1.94. The average molecular weight is 169 g/mol. The van der Waals surface area contributed by atoms with E-state index in [0.29, 0.717) is 15.4 Å². The summed E-state index contributed by atoms with van der Waals surface area (Å²) < 4.78 is 0.315. The summed E-state index contributed by atoms with van der Waals surface area (Å²) in [4.78, 5) is 10.6. The van der Waals surface area contributed by atoms with Gasteiger partial charge in [0.25, 0.3) is 0 Å². The number of rotatable bonds is 1. The van der Waals surface area contributed by atoms with E-state index in [0.717, 1.165) is 0 Å². The molecule has 3 nitrogen and oxygen atoms in total. The van der Waals surface area contributed by atoms with E-state index < -0.39 is 0 Å². The molecule has 0 aromatic heterocycles. The lowest BCUT2D eigenvalue weighted by Crippen LogP contribution is -1.90. The lowest BCUT2D eigenvalue weighted by molar-refractivity contribution is -0.263. The van der Waals surface area contributed by atoms with Gasteiger partial charge in [-0.15, -0.1) is 0 Å². The first-order chi connectivity index (χ1) is 5.13. The van der Waals surface area contributed by atoms with E-state index in [1.54, 1.807) is 19.1 Å². The van der Waals surface area contributed by atoms with E-state index in [1.165, 1.54) is 6.07 Å². The molecule has 0 aliphatic rings. The van der Waals surface area contributed by atoms with Crippen LogP contribution >= 0.6 is 0 Å². The molecule has 0 bridgehead atoms. The zero-order valence-corrected chi connectivity index (χ0v) is 6.76. The normalized spacial score (nSPS) is 9.55. The maximum Gasteiger partial charge on any atom is 0.244 e. The minimum absolute atomic E-state index is 0.0909. The highest BCUT2D eigenvalue weighted by atomic mass is 32.1.